The van der Waals surface area contributed by atoms with E-state index in [1.54, 1.807) is 39.0 Å². The molecule has 1 aromatic carbocycles. The molecule has 0 aliphatic rings. The Morgan fingerprint density at radius 2 is 2.04 bits per heavy atom. The van der Waals surface area contributed by atoms with Crippen LogP contribution in [0.4, 0.5) is 10.5 Å². The number of anilines is 1. The van der Waals surface area contributed by atoms with Gasteiger partial charge in [-0.25, -0.2) is 4.79 Å². The van der Waals surface area contributed by atoms with Gasteiger partial charge in [0.1, 0.15) is 5.60 Å². The van der Waals surface area contributed by atoms with Crippen molar-refractivity contribution in [3.05, 3.63) is 28.8 Å². The highest BCUT2D eigenvalue weighted by Gasteiger charge is 2.16. The van der Waals surface area contributed by atoms with Gasteiger partial charge in [-0.3, -0.25) is 4.79 Å². The molecule has 0 bridgehead atoms. The van der Waals surface area contributed by atoms with Crippen molar-refractivity contribution in [2.24, 2.45) is 0 Å². The van der Waals surface area contributed by atoms with E-state index in [4.69, 9.17) is 21.6 Å². The fourth-order valence-electron chi connectivity index (χ4n) is 1.67. The standard InChI is InChI=1S/C16H20ClN3O3/c1-16(2,3)23-15(22)19-9-7-14(21)20-13-5-4-11(6-8-18)10-12(13)17/h4-5,10H,6-7,9H2,1-3H3,(H,19,22)(H,20,21). The molecule has 0 spiro atoms. The number of halogens is 1. The molecule has 0 saturated carbocycles. The van der Waals surface area contributed by atoms with Gasteiger partial charge in [0.25, 0.3) is 0 Å². The lowest BCUT2D eigenvalue weighted by molar-refractivity contribution is -0.116. The van der Waals surface area contributed by atoms with Gasteiger partial charge in [-0.1, -0.05) is 17.7 Å². The lowest BCUT2D eigenvalue weighted by Crippen LogP contribution is -2.34. The largest absolute Gasteiger partial charge is 0.444 e. The predicted octanol–water partition coefficient (Wildman–Crippen LogP) is 3.26. The van der Waals surface area contributed by atoms with Crippen molar-refractivity contribution in [2.45, 2.75) is 39.2 Å². The van der Waals surface area contributed by atoms with Crippen LogP contribution in [0.1, 0.15) is 32.8 Å². The Balaban J connectivity index is 2.43. The zero-order chi connectivity index (χ0) is 17.5. The quantitative estimate of drug-likeness (QED) is 0.862. The van der Waals surface area contributed by atoms with Crippen LogP contribution in [-0.4, -0.2) is 24.1 Å². The first-order valence-electron chi connectivity index (χ1n) is 7.13. The summed E-state index contributed by atoms with van der Waals surface area (Å²) < 4.78 is 5.06. The molecule has 2 N–H and O–H groups in total. The number of carbonyl (C=O) groups excluding carboxylic acids is 2. The molecule has 0 aliphatic carbocycles. The minimum Gasteiger partial charge on any atom is -0.444 e. The molecule has 7 heteroatoms. The third-order valence-electron chi connectivity index (χ3n) is 2.61. The molecule has 0 aliphatic heterocycles. The van der Waals surface area contributed by atoms with E-state index in [-0.39, 0.29) is 25.3 Å². The predicted molar refractivity (Wildman–Crippen MR) is 88.3 cm³/mol. The van der Waals surface area contributed by atoms with Gasteiger partial charge < -0.3 is 15.4 Å². The smallest absolute Gasteiger partial charge is 0.407 e. The average molecular weight is 338 g/mol. The first-order chi connectivity index (χ1) is 10.7. The maximum atomic E-state index is 11.8. The van der Waals surface area contributed by atoms with Gasteiger partial charge in [0, 0.05) is 13.0 Å². The van der Waals surface area contributed by atoms with Crippen molar-refractivity contribution >= 4 is 29.3 Å². The Hall–Kier alpha value is -2.26. The first-order valence-corrected chi connectivity index (χ1v) is 7.51. The Labute approximate surface area is 140 Å². The van der Waals surface area contributed by atoms with Crippen molar-refractivity contribution in [1.82, 2.24) is 5.32 Å². The van der Waals surface area contributed by atoms with Crippen molar-refractivity contribution in [2.75, 3.05) is 11.9 Å². The van der Waals surface area contributed by atoms with Gasteiger partial charge in [0.05, 0.1) is 23.2 Å². The molecule has 124 valence electrons. The van der Waals surface area contributed by atoms with Crippen LogP contribution in [0.15, 0.2) is 18.2 Å². The Morgan fingerprint density at radius 1 is 1.35 bits per heavy atom. The second kappa shape index (κ2) is 8.39. The van der Waals surface area contributed by atoms with Crippen LogP contribution in [0.3, 0.4) is 0 Å². The van der Waals surface area contributed by atoms with Gasteiger partial charge in [-0.05, 0) is 38.5 Å². The van der Waals surface area contributed by atoms with Crippen LogP contribution < -0.4 is 10.6 Å². The van der Waals surface area contributed by atoms with E-state index in [0.717, 1.165) is 5.56 Å². The number of hydrogen-bond donors (Lipinski definition) is 2. The van der Waals surface area contributed by atoms with E-state index in [1.165, 1.54) is 0 Å². The molecule has 6 nitrogen and oxygen atoms in total. The minimum absolute atomic E-state index is 0.0928. The van der Waals surface area contributed by atoms with Crippen molar-refractivity contribution in [3.63, 3.8) is 0 Å². The SMILES string of the molecule is CC(C)(C)OC(=O)NCCC(=O)Nc1ccc(CC#N)cc1Cl. The van der Waals surface area contributed by atoms with Gasteiger partial charge in [-0.15, -0.1) is 0 Å². The number of rotatable bonds is 5. The van der Waals surface area contributed by atoms with E-state index in [1.807, 2.05) is 6.07 Å². The number of amides is 2. The van der Waals surface area contributed by atoms with Crippen LogP contribution in [0.25, 0.3) is 0 Å². The molecule has 1 aromatic rings. The van der Waals surface area contributed by atoms with Crippen LogP contribution in [-0.2, 0) is 16.0 Å². The first kappa shape index (κ1) is 18.8. The number of nitrogens with zero attached hydrogens (tertiary/aromatic N) is 1. The third-order valence-corrected chi connectivity index (χ3v) is 2.92. The molecule has 0 atom stereocenters. The fraction of sp³-hybridized carbons (Fsp3) is 0.438. The summed E-state index contributed by atoms with van der Waals surface area (Å²) in [5, 5.41) is 14.2. The molecule has 0 unspecified atom stereocenters. The summed E-state index contributed by atoms with van der Waals surface area (Å²) in [6.07, 6.45) is -0.215. The Kier molecular flexibility index (Phi) is 6.86. The number of benzene rings is 1. The zero-order valence-electron chi connectivity index (χ0n) is 13.4. The Bertz CT molecular complexity index is 618. The highest BCUT2D eigenvalue weighted by Crippen LogP contribution is 2.23. The van der Waals surface area contributed by atoms with E-state index >= 15 is 0 Å². The summed E-state index contributed by atoms with van der Waals surface area (Å²) in [5.41, 5.74) is 0.670. The van der Waals surface area contributed by atoms with Crippen LogP contribution in [0.2, 0.25) is 5.02 Å². The normalized spacial score (nSPS) is 10.6. The minimum atomic E-state index is -0.578. The monoisotopic (exact) mass is 337 g/mol. The van der Waals surface area contributed by atoms with Crippen LogP contribution in [0.5, 0.6) is 0 Å². The molecule has 0 heterocycles. The number of nitrogens with one attached hydrogen (secondary N) is 2. The number of alkyl carbamates (subject to hydrolysis) is 1. The molecule has 1 rings (SSSR count). The number of hydrogen-bond acceptors (Lipinski definition) is 4. The van der Waals surface area contributed by atoms with Crippen molar-refractivity contribution in [1.29, 1.82) is 5.26 Å². The fourth-order valence-corrected chi connectivity index (χ4v) is 1.92. The second-order valence-electron chi connectivity index (χ2n) is 5.88. The summed E-state index contributed by atoms with van der Waals surface area (Å²) in [7, 11) is 0. The lowest BCUT2D eigenvalue weighted by Gasteiger charge is -2.19. The number of ether oxygens (including phenoxy) is 1. The summed E-state index contributed by atoms with van der Waals surface area (Å²) in [6, 6.07) is 7.04. The third kappa shape index (κ3) is 7.52. The molecular weight excluding hydrogens is 318 g/mol. The highest BCUT2D eigenvalue weighted by atomic mass is 35.5. The average Bonchev–Trinajstić information content (AvgIpc) is 2.40. The van der Waals surface area contributed by atoms with Crippen LogP contribution >= 0.6 is 11.6 Å². The molecule has 0 radical (unpaired) electrons. The molecule has 0 aromatic heterocycles. The molecule has 23 heavy (non-hydrogen) atoms. The van der Waals surface area contributed by atoms with Gasteiger partial charge in [0.2, 0.25) is 5.91 Å². The maximum absolute atomic E-state index is 11.8. The number of nitriles is 1. The molecular formula is C16H20ClN3O3. The molecule has 0 saturated heterocycles. The highest BCUT2D eigenvalue weighted by molar-refractivity contribution is 6.33. The van der Waals surface area contributed by atoms with Gasteiger partial charge >= 0.3 is 6.09 Å². The van der Waals surface area contributed by atoms with E-state index < -0.39 is 11.7 Å². The second-order valence-corrected chi connectivity index (χ2v) is 6.28. The summed E-state index contributed by atoms with van der Waals surface area (Å²) >= 11 is 6.05. The van der Waals surface area contributed by atoms with Crippen molar-refractivity contribution < 1.29 is 14.3 Å². The van der Waals surface area contributed by atoms with E-state index in [2.05, 4.69) is 10.6 Å². The van der Waals surface area contributed by atoms with E-state index in [9.17, 15) is 9.59 Å². The zero-order valence-corrected chi connectivity index (χ0v) is 14.2. The van der Waals surface area contributed by atoms with E-state index in [0.29, 0.717) is 10.7 Å². The number of carbonyl (C=O) groups is 2. The lowest BCUT2D eigenvalue weighted by atomic mass is 10.1. The summed E-state index contributed by atoms with van der Waals surface area (Å²) in [4.78, 5) is 23.3. The summed E-state index contributed by atoms with van der Waals surface area (Å²) in [5.74, 6) is -0.281. The molecule has 0 fully saturated rings. The van der Waals surface area contributed by atoms with Gasteiger partial charge in [0.15, 0.2) is 0 Å². The van der Waals surface area contributed by atoms with Crippen LogP contribution in [0, 0.1) is 11.3 Å². The summed E-state index contributed by atoms with van der Waals surface area (Å²) in [6.45, 7) is 5.44. The molecule has 2 amide bonds. The Morgan fingerprint density at radius 3 is 2.61 bits per heavy atom. The van der Waals surface area contributed by atoms with Crippen molar-refractivity contribution in [3.8, 4) is 6.07 Å². The topological polar surface area (TPSA) is 91.2 Å². The van der Waals surface area contributed by atoms with Gasteiger partial charge in [-0.2, -0.15) is 5.26 Å². The maximum Gasteiger partial charge on any atom is 0.407 e.